The number of nitrogens with zero attached hydrogens (tertiary/aromatic N) is 5. The van der Waals surface area contributed by atoms with Gasteiger partial charge < -0.3 is 10.6 Å². The third kappa shape index (κ3) is 3.81. The topological polar surface area (TPSA) is 100 Å². The molecule has 1 aromatic rings. The molecule has 1 aromatic heterocycles. The fourth-order valence-corrected chi connectivity index (χ4v) is 4.11. The molecule has 0 radical (unpaired) electrons. The van der Waals surface area contributed by atoms with Gasteiger partial charge in [-0.05, 0) is 57.7 Å². The maximum atomic E-state index is 11.9. The molecule has 1 saturated heterocycles. The highest BCUT2D eigenvalue weighted by atomic mass is 16.1. The second-order valence-electron chi connectivity index (χ2n) is 7.52. The number of carbonyl (C=O) groups excluding carboxylic acids is 1. The van der Waals surface area contributed by atoms with Crippen molar-refractivity contribution in [1.82, 2.24) is 14.7 Å². The smallest absolute Gasteiger partial charge is 0.254 e. The van der Waals surface area contributed by atoms with Crippen LogP contribution in [0.5, 0.6) is 0 Å². The number of likely N-dealkylation sites (tertiary alicyclic amines) is 1. The number of rotatable bonds is 7. The summed E-state index contributed by atoms with van der Waals surface area (Å²) >= 11 is 0. The van der Waals surface area contributed by atoms with Gasteiger partial charge in [-0.3, -0.25) is 9.48 Å². The van der Waals surface area contributed by atoms with Crippen LogP contribution in [0.25, 0.3) is 0 Å². The molecule has 2 N–H and O–H groups in total. The van der Waals surface area contributed by atoms with Crippen LogP contribution in [0.2, 0.25) is 0 Å². The van der Waals surface area contributed by atoms with E-state index in [1.807, 2.05) is 6.92 Å². The summed E-state index contributed by atoms with van der Waals surface area (Å²) in [5, 5.41) is 14.1. The van der Waals surface area contributed by atoms with Crippen molar-refractivity contribution in [2.45, 2.75) is 63.5 Å². The Balaban J connectivity index is 1.92. The molecular weight excluding hydrogens is 340 g/mol. The molecule has 0 bridgehead atoms. The van der Waals surface area contributed by atoms with Gasteiger partial charge in [0, 0.05) is 18.0 Å². The molecule has 7 nitrogen and oxygen atoms in total. The maximum Gasteiger partial charge on any atom is 0.254 e. The Morgan fingerprint density at radius 3 is 2.70 bits per heavy atom. The summed E-state index contributed by atoms with van der Waals surface area (Å²) < 4.78 is 1.79. The SMILES string of the molecule is C=CC(CC)=Nc1nn(C2(CC#N)CCC(N3CCC3)CC2)cc1C(N)=O. The van der Waals surface area contributed by atoms with Crippen molar-refractivity contribution < 1.29 is 4.79 Å². The molecule has 1 saturated carbocycles. The van der Waals surface area contributed by atoms with Gasteiger partial charge in [-0.1, -0.05) is 13.5 Å². The Kier molecular flexibility index (Phi) is 5.76. The molecule has 1 aliphatic heterocycles. The highest BCUT2D eigenvalue weighted by molar-refractivity contribution is 6.00. The lowest BCUT2D eigenvalue weighted by molar-refractivity contribution is 0.0501. The van der Waals surface area contributed by atoms with Gasteiger partial charge in [0.2, 0.25) is 0 Å². The molecule has 2 heterocycles. The zero-order chi connectivity index (χ0) is 19.4. The summed E-state index contributed by atoms with van der Waals surface area (Å²) in [6.45, 7) is 8.09. The number of amides is 1. The van der Waals surface area contributed by atoms with Gasteiger partial charge >= 0.3 is 0 Å². The van der Waals surface area contributed by atoms with Gasteiger partial charge in [0.05, 0.1) is 18.0 Å². The summed E-state index contributed by atoms with van der Waals surface area (Å²) in [4.78, 5) is 18.9. The fraction of sp³-hybridized carbons (Fsp3) is 0.600. The van der Waals surface area contributed by atoms with Crippen LogP contribution in [0.3, 0.4) is 0 Å². The molecule has 3 rings (SSSR count). The zero-order valence-electron chi connectivity index (χ0n) is 16.0. The van der Waals surface area contributed by atoms with Crippen LogP contribution >= 0.6 is 0 Å². The number of hydrogen-bond acceptors (Lipinski definition) is 5. The molecular formula is C20H28N6O. The third-order valence-corrected chi connectivity index (χ3v) is 5.99. The molecule has 1 aliphatic carbocycles. The van der Waals surface area contributed by atoms with Gasteiger partial charge in [-0.15, -0.1) is 0 Å². The number of nitriles is 1. The first-order chi connectivity index (χ1) is 13.0. The fourth-order valence-electron chi connectivity index (χ4n) is 4.11. The van der Waals surface area contributed by atoms with E-state index in [1.54, 1.807) is 17.0 Å². The molecule has 0 unspecified atom stereocenters. The zero-order valence-corrected chi connectivity index (χ0v) is 16.0. The van der Waals surface area contributed by atoms with Crippen LogP contribution in [0.15, 0.2) is 23.8 Å². The van der Waals surface area contributed by atoms with E-state index >= 15 is 0 Å². The van der Waals surface area contributed by atoms with E-state index in [0.717, 1.165) is 31.4 Å². The number of carbonyl (C=O) groups is 1. The number of aliphatic imine (C=N–C) groups is 1. The lowest BCUT2D eigenvalue weighted by atomic mass is 9.76. The molecule has 0 spiro atoms. The van der Waals surface area contributed by atoms with E-state index in [-0.39, 0.29) is 0 Å². The average Bonchev–Trinajstić information content (AvgIpc) is 3.05. The van der Waals surface area contributed by atoms with E-state index in [9.17, 15) is 10.1 Å². The van der Waals surface area contributed by atoms with E-state index in [0.29, 0.717) is 30.3 Å². The molecule has 2 aliphatic rings. The van der Waals surface area contributed by atoms with Crippen LogP contribution in [0.1, 0.15) is 62.2 Å². The second kappa shape index (κ2) is 8.05. The Bertz CT molecular complexity index is 775. The lowest BCUT2D eigenvalue weighted by Crippen LogP contribution is -2.50. The van der Waals surface area contributed by atoms with E-state index < -0.39 is 11.4 Å². The highest BCUT2D eigenvalue weighted by Gasteiger charge is 2.40. The molecule has 0 atom stereocenters. The van der Waals surface area contributed by atoms with Crippen molar-refractivity contribution in [3.8, 4) is 6.07 Å². The molecule has 144 valence electrons. The molecule has 7 heteroatoms. The molecule has 1 amide bonds. The van der Waals surface area contributed by atoms with E-state index in [1.165, 1.54) is 19.5 Å². The van der Waals surface area contributed by atoms with Crippen molar-refractivity contribution in [3.05, 3.63) is 24.4 Å². The molecule has 0 aromatic carbocycles. The van der Waals surface area contributed by atoms with Gasteiger partial charge in [0.1, 0.15) is 5.56 Å². The Labute approximate surface area is 160 Å². The van der Waals surface area contributed by atoms with Crippen molar-refractivity contribution in [1.29, 1.82) is 5.26 Å². The predicted molar refractivity (Wildman–Crippen MR) is 105 cm³/mol. The number of nitrogens with two attached hydrogens (primary N) is 1. The highest BCUT2D eigenvalue weighted by Crippen LogP contribution is 2.40. The summed E-state index contributed by atoms with van der Waals surface area (Å²) in [6.07, 6.45) is 9.50. The van der Waals surface area contributed by atoms with Crippen LogP contribution in [-0.2, 0) is 5.54 Å². The van der Waals surface area contributed by atoms with Crippen molar-refractivity contribution >= 4 is 17.4 Å². The first kappa shape index (κ1) is 19.3. The lowest BCUT2D eigenvalue weighted by Gasteiger charge is -2.45. The summed E-state index contributed by atoms with van der Waals surface area (Å²) in [6, 6.07) is 2.93. The summed E-state index contributed by atoms with van der Waals surface area (Å²) in [7, 11) is 0. The normalized spacial score (nSPS) is 26.2. The molecule has 2 fully saturated rings. The van der Waals surface area contributed by atoms with Crippen molar-refractivity contribution in [3.63, 3.8) is 0 Å². The largest absolute Gasteiger partial charge is 0.365 e. The number of allylic oxidation sites excluding steroid dienone is 1. The number of hydrogen-bond donors (Lipinski definition) is 1. The number of aromatic nitrogens is 2. The first-order valence-electron chi connectivity index (χ1n) is 9.74. The minimum atomic E-state index is -0.555. The predicted octanol–water partition coefficient (Wildman–Crippen LogP) is 2.91. The van der Waals surface area contributed by atoms with E-state index in [2.05, 4.69) is 27.6 Å². The van der Waals surface area contributed by atoms with Gasteiger partial charge in [-0.2, -0.15) is 10.4 Å². The Morgan fingerprint density at radius 2 is 2.22 bits per heavy atom. The Hall–Kier alpha value is -2.46. The summed E-state index contributed by atoms with van der Waals surface area (Å²) in [5.74, 6) is -0.234. The third-order valence-electron chi connectivity index (χ3n) is 5.99. The first-order valence-corrected chi connectivity index (χ1v) is 9.74. The van der Waals surface area contributed by atoms with Gasteiger partial charge in [0.15, 0.2) is 5.82 Å². The van der Waals surface area contributed by atoms with Crippen molar-refractivity contribution in [2.24, 2.45) is 10.7 Å². The maximum absolute atomic E-state index is 11.9. The standard InChI is InChI=1S/C20H28N6O/c1-3-15(4-2)23-19-17(18(22)27)14-26(24-19)20(10-11-21)8-6-16(7-9-20)25-12-5-13-25/h3,14,16H,1,4-10,12-13H2,2H3,(H2,22,27). The second-order valence-corrected chi connectivity index (χ2v) is 7.52. The van der Waals surface area contributed by atoms with E-state index in [4.69, 9.17) is 5.73 Å². The van der Waals surface area contributed by atoms with Crippen molar-refractivity contribution in [2.75, 3.05) is 13.1 Å². The Morgan fingerprint density at radius 1 is 1.52 bits per heavy atom. The minimum absolute atomic E-state index is 0.296. The van der Waals surface area contributed by atoms with Gasteiger partial charge in [0.25, 0.3) is 5.91 Å². The number of primary amides is 1. The minimum Gasteiger partial charge on any atom is -0.365 e. The average molecular weight is 368 g/mol. The van der Waals surface area contributed by atoms with Crippen LogP contribution in [0.4, 0.5) is 5.82 Å². The monoisotopic (exact) mass is 368 g/mol. The van der Waals surface area contributed by atoms with Crippen LogP contribution in [-0.4, -0.2) is 45.4 Å². The van der Waals surface area contributed by atoms with Crippen LogP contribution < -0.4 is 5.73 Å². The summed E-state index contributed by atoms with van der Waals surface area (Å²) in [5.41, 5.74) is 6.21. The van der Waals surface area contributed by atoms with Gasteiger partial charge in [-0.25, -0.2) is 4.99 Å². The van der Waals surface area contributed by atoms with Crippen LogP contribution in [0, 0.1) is 11.3 Å². The molecule has 27 heavy (non-hydrogen) atoms. The quantitative estimate of drug-likeness (QED) is 0.748.